The number of carbonyl (C=O) groups is 1. The number of phosphoric ester groups is 1. The summed E-state index contributed by atoms with van der Waals surface area (Å²) in [4.78, 5) is 22.7. The van der Waals surface area contributed by atoms with Gasteiger partial charge in [-0.2, -0.15) is 0 Å². The number of unbranched alkanes of at least 4 members (excludes halogenated alkanes) is 46. The van der Waals surface area contributed by atoms with Gasteiger partial charge in [0.05, 0.1) is 19.8 Å². The van der Waals surface area contributed by atoms with Gasteiger partial charge in [0.1, 0.15) is 6.10 Å². The van der Waals surface area contributed by atoms with Gasteiger partial charge >= 0.3 is 13.8 Å². The highest BCUT2D eigenvalue weighted by atomic mass is 31.2. The first kappa shape index (κ1) is 66.5. The van der Waals surface area contributed by atoms with E-state index in [4.69, 9.17) is 24.3 Å². The van der Waals surface area contributed by atoms with Crippen molar-refractivity contribution >= 4 is 13.8 Å². The third kappa shape index (κ3) is 56.3. The molecule has 0 aromatic heterocycles. The standard InChI is InChI=1S/C58H118NO7P/c1-3-5-7-9-11-13-15-17-19-21-22-23-24-25-26-27-28-29-30-31-32-33-34-35-36-37-39-41-43-45-47-49-51-58(60)66-57(56-65-67(61,62)64-54-52-59)55-63-53-50-48-46-44-42-40-38-20-18-16-14-12-10-8-6-4-2/h57H,3-56,59H2,1-2H3,(H,61,62)/t57-/m1/s1. The second-order valence-corrected chi connectivity index (χ2v) is 22.0. The molecule has 0 fully saturated rings. The van der Waals surface area contributed by atoms with Crippen LogP contribution in [-0.2, 0) is 27.9 Å². The molecule has 0 aliphatic carbocycles. The third-order valence-electron chi connectivity index (χ3n) is 13.8. The number of hydrogen-bond donors (Lipinski definition) is 2. The fraction of sp³-hybridized carbons (Fsp3) is 0.983. The van der Waals surface area contributed by atoms with Crippen molar-refractivity contribution in [2.75, 3.05) is 33.0 Å². The van der Waals surface area contributed by atoms with E-state index < -0.39 is 13.9 Å². The normalized spacial score (nSPS) is 13.1. The maximum atomic E-state index is 12.7. The highest BCUT2D eigenvalue weighted by Gasteiger charge is 2.25. The zero-order chi connectivity index (χ0) is 48.7. The quantitative estimate of drug-likeness (QED) is 0.0352. The molecule has 8 nitrogen and oxygen atoms in total. The summed E-state index contributed by atoms with van der Waals surface area (Å²) < 4.78 is 33.7. The van der Waals surface area contributed by atoms with Gasteiger partial charge in [-0.25, -0.2) is 4.57 Å². The molecule has 9 heteroatoms. The van der Waals surface area contributed by atoms with E-state index in [1.807, 2.05) is 0 Å². The monoisotopic (exact) mass is 972 g/mol. The van der Waals surface area contributed by atoms with Crippen LogP contribution in [0.1, 0.15) is 328 Å². The van der Waals surface area contributed by atoms with E-state index >= 15 is 0 Å². The Kier molecular flexibility index (Phi) is 56.0. The van der Waals surface area contributed by atoms with Gasteiger partial charge in [-0.15, -0.1) is 0 Å². The van der Waals surface area contributed by atoms with Crippen LogP contribution in [0, 0.1) is 0 Å². The SMILES string of the molecule is CCCCCCCCCCCCCCCCCCCCCCCCCCCCCCCCCCC(=O)O[C@H](COCCCCCCCCCCCCCCCCCC)COP(=O)(O)OCCN. The minimum atomic E-state index is -4.28. The summed E-state index contributed by atoms with van der Waals surface area (Å²) in [6.45, 7) is 5.02. The highest BCUT2D eigenvalue weighted by molar-refractivity contribution is 7.47. The number of esters is 1. The van der Waals surface area contributed by atoms with Crippen molar-refractivity contribution in [2.24, 2.45) is 5.73 Å². The number of carbonyl (C=O) groups excluding carboxylic acids is 1. The van der Waals surface area contributed by atoms with Crippen molar-refractivity contribution in [3.63, 3.8) is 0 Å². The molecular weight excluding hydrogens is 854 g/mol. The fourth-order valence-electron chi connectivity index (χ4n) is 9.36. The summed E-state index contributed by atoms with van der Waals surface area (Å²) >= 11 is 0. The van der Waals surface area contributed by atoms with E-state index in [2.05, 4.69) is 13.8 Å². The lowest BCUT2D eigenvalue weighted by molar-refractivity contribution is -0.154. The largest absolute Gasteiger partial charge is 0.472 e. The molecule has 0 heterocycles. The number of hydrogen-bond acceptors (Lipinski definition) is 7. The zero-order valence-electron chi connectivity index (χ0n) is 45.2. The predicted molar refractivity (Wildman–Crippen MR) is 289 cm³/mol. The Bertz CT molecular complexity index is 1000. The molecule has 0 saturated carbocycles. The second-order valence-electron chi connectivity index (χ2n) is 20.6. The Hall–Kier alpha value is -0.500. The molecule has 0 spiro atoms. The molecule has 0 radical (unpaired) electrons. The van der Waals surface area contributed by atoms with E-state index in [1.165, 1.54) is 276 Å². The van der Waals surface area contributed by atoms with Crippen LogP contribution in [0.5, 0.6) is 0 Å². The Morgan fingerprint density at radius 1 is 0.388 bits per heavy atom. The summed E-state index contributed by atoms with van der Waals surface area (Å²) in [5.41, 5.74) is 5.40. The molecule has 0 amide bonds. The van der Waals surface area contributed by atoms with Crippen molar-refractivity contribution in [1.82, 2.24) is 0 Å². The van der Waals surface area contributed by atoms with E-state index in [-0.39, 0.29) is 32.3 Å². The van der Waals surface area contributed by atoms with Gasteiger partial charge in [0, 0.05) is 19.6 Å². The van der Waals surface area contributed by atoms with Crippen LogP contribution < -0.4 is 5.73 Å². The van der Waals surface area contributed by atoms with E-state index in [0.717, 1.165) is 32.1 Å². The number of phosphoric acid groups is 1. The van der Waals surface area contributed by atoms with Gasteiger partial charge in [0.25, 0.3) is 0 Å². The number of rotatable bonds is 59. The van der Waals surface area contributed by atoms with E-state index in [0.29, 0.717) is 13.0 Å². The van der Waals surface area contributed by atoms with E-state index in [9.17, 15) is 14.3 Å². The lowest BCUT2D eigenvalue weighted by Gasteiger charge is -2.20. The Morgan fingerprint density at radius 3 is 0.940 bits per heavy atom. The first-order valence-electron chi connectivity index (χ1n) is 30.0. The predicted octanol–water partition coefficient (Wildman–Crippen LogP) is 19.2. The molecule has 402 valence electrons. The molecule has 0 aromatic rings. The highest BCUT2D eigenvalue weighted by Crippen LogP contribution is 2.43. The van der Waals surface area contributed by atoms with Crippen LogP contribution in [0.15, 0.2) is 0 Å². The average Bonchev–Trinajstić information content (AvgIpc) is 3.32. The summed E-state index contributed by atoms with van der Waals surface area (Å²) in [7, 11) is -4.28. The third-order valence-corrected chi connectivity index (χ3v) is 14.8. The second kappa shape index (κ2) is 56.4. The minimum Gasteiger partial charge on any atom is -0.457 e. The van der Waals surface area contributed by atoms with Crippen LogP contribution in [0.2, 0.25) is 0 Å². The molecule has 0 aromatic carbocycles. The van der Waals surface area contributed by atoms with Crippen LogP contribution in [-0.4, -0.2) is 49.9 Å². The fourth-order valence-corrected chi connectivity index (χ4v) is 10.1. The van der Waals surface area contributed by atoms with Gasteiger partial charge < -0.3 is 20.1 Å². The molecule has 0 rings (SSSR count). The maximum Gasteiger partial charge on any atom is 0.472 e. The molecule has 0 saturated heterocycles. The maximum absolute atomic E-state index is 12.7. The lowest BCUT2D eigenvalue weighted by atomic mass is 10.0. The van der Waals surface area contributed by atoms with Crippen LogP contribution in [0.3, 0.4) is 0 Å². The van der Waals surface area contributed by atoms with Crippen molar-refractivity contribution in [3.8, 4) is 0 Å². The van der Waals surface area contributed by atoms with Crippen LogP contribution in [0.4, 0.5) is 0 Å². The lowest BCUT2D eigenvalue weighted by Crippen LogP contribution is -2.28. The van der Waals surface area contributed by atoms with E-state index in [1.54, 1.807) is 0 Å². The van der Waals surface area contributed by atoms with Gasteiger partial charge in [-0.3, -0.25) is 13.8 Å². The molecule has 0 aliphatic heterocycles. The van der Waals surface area contributed by atoms with Crippen LogP contribution in [0.25, 0.3) is 0 Å². The Labute approximate surface area is 418 Å². The van der Waals surface area contributed by atoms with Crippen molar-refractivity contribution in [2.45, 2.75) is 335 Å². The van der Waals surface area contributed by atoms with Gasteiger partial charge in [-0.05, 0) is 12.8 Å². The summed E-state index contributed by atoms with van der Waals surface area (Å²) in [5, 5.41) is 0. The number of nitrogens with two attached hydrogens (primary N) is 1. The number of ether oxygens (including phenoxy) is 2. The molecule has 0 aliphatic rings. The topological polar surface area (TPSA) is 117 Å². The molecular formula is C58H118NO7P. The smallest absolute Gasteiger partial charge is 0.457 e. The van der Waals surface area contributed by atoms with Gasteiger partial charge in [-0.1, -0.05) is 309 Å². The zero-order valence-corrected chi connectivity index (χ0v) is 46.1. The Morgan fingerprint density at radius 2 is 0.657 bits per heavy atom. The van der Waals surface area contributed by atoms with Crippen molar-refractivity contribution < 1.29 is 32.8 Å². The van der Waals surface area contributed by atoms with Crippen molar-refractivity contribution in [3.05, 3.63) is 0 Å². The average molecular weight is 973 g/mol. The molecule has 3 N–H and O–H groups in total. The first-order valence-corrected chi connectivity index (χ1v) is 31.5. The first-order chi connectivity index (χ1) is 32.9. The Balaban J connectivity index is 3.72. The summed E-state index contributed by atoms with van der Waals surface area (Å²) in [6.07, 6.45) is 64.7. The van der Waals surface area contributed by atoms with Gasteiger partial charge in [0.2, 0.25) is 0 Å². The molecule has 1 unspecified atom stereocenters. The molecule has 67 heavy (non-hydrogen) atoms. The molecule has 0 bridgehead atoms. The summed E-state index contributed by atoms with van der Waals surface area (Å²) in [6, 6.07) is 0. The van der Waals surface area contributed by atoms with Crippen molar-refractivity contribution in [1.29, 1.82) is 0 Å². The van der Waals surface area contributed by atoms with Crippen LogP contribution >= 0.6 is 7.82 Å². The van der Waals surface area contributed by atoms with Gasteiger partial charge in [0.15, 0.2) is 0 Å². The summed E-state index contributed by atoms with van der Waals surface area (Å²) in [5.74, 6) is -0.319. The minimum absolute atomic E-state index is 0.0896. The molecule has 2 atom stereocenters.